The van der Waals surface area contributed by atoms with Gasteiger partial charge in [-0.15, -0.1) is 0 Å². The lowest BCUT2D eigenvalue weighted by atomic mass is 9.81. The molecular weight excluding hydrogens is 246 g/mol. The van der Waals surface area contributed by atoms with E-state index in [1.165, 1.54) is 77.2 Å². The fourth-order valence-corrected chi connectivity index (χ4v) is 4.61. The fraction of sp³-hybridized carbons (Fsp3) is 1.00. The highest BCUT2D eigenvalue weighted by molar-refractivity contribution is 4.93. The van der Waals surface area contributed by atoms with Crippen LogP contribution in [-0.2, 0) is 4.74 Å². The van der Waals surface area contributed by atoms with Crippen LogP contribution in [0.3, 0.4) is 0 Å². The van der Waals surface area contributed by atoms with Crippen LogP contribution in [-0.4, -0.2) is 24.8 Å². The van der Waals surface area contributed by atoms with E-state index in [1.807, 2.05) is 0 Å². The second-order valence-electron chi connectivity index (χ2n) is 7.79. The minimum absolute atomic E-state index is 0.311. The van der Waals surface area contributed by atoms with Crippen LogP contribution in [0.5, 0.6) is 0 Å². The lowest BCUT2D eigenvalue weighted by Crippen LogP contribution is -2.32. The molecule has 20 heavy (non-hydrogen) atoms. The molecule has 0 radical (unpaired) electrons. The molecule has 3 aliphatic rings. The van der Waals surface area contributed by atoms with Gasteiger partial charge in [-0.05, 0) is 50.5 Å². The van der Waals surface area contributed by atoms with E-state index in [-0.39, 0.29) is 0 Å². The third-order valence-electron chi connectivity index (χ3n) is 6.09. The highest BCUT2D eigenvalue weighted by atomic mass is 16.5. The SMILES string of the molecule is CC1CCC(CCNCC2CCC3(CCCC3)O2)CC1. The summed E-state index contributed by atoms with van der Waals surface area (Å²) in [6.07, 6.45) is 15.8. The maximum atomic E-state index is 6.35. The number of hydrogen-bond acceptors (Lipinski definition) is 2. The zero-order chi connectivity index (χ0) is 13.8. The number of rotatable bonds is 5. The molecule has 1 atom stereocenters. The zero-order valence-electron chi connectivity index (χ0n) is 13.3. The standard InChI is InChI=1S/C18H33NO/c1-15-4-6-16(7-5-15)9-13-19-14-17-8-12-18(20-17)10-2-3-11-18/h15-17,19H,2-14H2,1H3. The molecule has 2 nitrogen and oxygen atoms in total. The monoisotopic (exact) mass is 279 g/mol. The van der Waals surface area contributed by atoms with Crippen LogP contribution >= 0.6 is 0 Å². The number of hydrogen-bond donors (Lipinski definition) is 1. The summed E-state index contributed by atoms with van der Waals surface area (Å²) in [7, 11) is 0. The maximum Gasteiger partial charge on any atom is 0.0708 e. The second kappa shape index (κ2) is 6.79. The third-order valence-corrected chi connectivity index (χ3v) is 6.09. The lowest BCUT2D eigenvalue weighted by molar-refractivity contribution is -0.0351. The van der Waals surface area contributed by atoms with Gasteiger partial charge in [0.1, 0.15) is 0 Å². The van der Waals surface area contributed by atoms with Crippen molar-refractivity contribution < 1.29 is 4.74 Å². The van der Waals surface area contributed by atoms with Crippen molar-refractivity contribution in [3.05, 3.63) is 0 Å². The topological polar surface area (TPSA) is 21.3 Å². The van der Waals surface area contributed by atoms with E-state index in [4.69, 9.17) is 4.74 Å². The van der Waals surface area contributed by atoms with Crippen LogP contribution in [0, 0.1) is 11.8 Å². The normalized spacial score (nSPS) is 36.8. The van der Waals surface area contributed by atoms with E-state index in [0.717, 1.165) is 18.4 Å². The predicted molar refractivity (Wildman–Crippen MR) is 83.9 cm³/mol. The van der Waals surface area contributed by atoms with E-state index in [1.54, 1.807) is 0 Å². The van der Waals surface area contributed by atoms with Gasteiger partial charge < -0.3 is 10.1 Å². The summed E-state index contributed by atoms with van der Waals surface area (Å²) in [6, 6.07) is 0. The molecule has 1 saturated heterocycles. The van der Waals surface area contributed by atoms with Crippen LogP contribution < -0.4 is 5.32 Å². The van der Waals surface area contributed by atoms with Crippen LogP contribution in [0.1, 0.15) is 77.6 Å². The van der Waals surface area contributed by atoms with Gasteiger partial charge >= 0.3 is 0 Å². The Morgan fingerprint density at radius 1 is 1.00 bits per heavy atom. The summed E-state index contributed by atoms with van der Waals surface area (Å²) in [5.41, 5.74) is 0.311. The van der Waals surface area contributed by atoms with Gasteiger partial charge in [0.25, 0.3) is 0 Å². The number of ether oxygens (including phenoxy) is 1. The van der Waals surface area contributed by atoms with Gasteiger partial charge in [0.2, 0.25) is 0 Å². The van der Waals surface area contributed by atoms with E-state index in [0.29, 0.717) is 11.7 Å². The van der Waals surface area contributed by atoms with Crippen molar-refractivity contribution in [2.24, 2.45) is 11.8 Å². The molecule has 1 unspecified atom stereocenters. The van der Waals surface area contributed by atoms with Crippen molar-refractivity contribution in [3.63, 3.8) is 0 Å². The molecule has 3 fully saturated rings. The average Bonchev–Trinajstić information content (AvgIpc) is 3.08. The highest BCUT2D eigenvalue weighted by Crippen LogP contribution is 2.43. The minimum atomic E-state index is 0.311. The molecule has 2 aliphatic carbocycles. The summed E-state index contributed by atoms with van der Waals surface area (Å²) in [5, 5.41) is 3.67. The molecule has 0 amide bonds. The van der Waals surface area contributed by atoms with Gasteiger partial charge in [-0.1, -0.05) is 45.4 Å². The Labute approximate surface area is 125 Å². The first-order valence-electron chi connectivity index (χ1n) is 9.14. The molecule has 2 saturated carbocycles. The number of nitrogens with one attached hydrogen (secondary N) is 1. The average molecular weight is 279 g/mol. The summed E-state index contributed by atoms with van der Waals surface area (Å²) in [4.78, 5) is 0. The lowest BCUT2D eigenvalue weighted by Gasteiger charge is -2.26. The van der Waals surface area contributed by atoms with Gasteiger partial charge in [0.15, 0.2) is 0 Å². The van der Waals surface area contributed by atoms with Crippen LogP contribution in [0.25, 0.3) is 0 Å². The summed E-state index contributed by atoms with van der Waals surface area (Å²) in [6.45, 7) is 4.70. The van der Waals surface area contributed by atoms with Gasteiger partial charge in [0.05, 0.1) is 11.7 Å². The highest BCUT2D eigenvalue weighted by Gasteiger charge is 2.41. The Morgan fingerprint density at radius 3 is 2.50 bits per heavy atom. The van der Waals surface area contributed by atoms with Crippen molar-refractivity contribution in [3.8, 4) is 0 Å². The van der Waals surface area contributed by atoms with Gasteiger partial charge in [-0.2, -0.15) is 0 Å². The largest absolute Gasteiger partial charge is 0.370 e. The molecule has 1 spiro atoms. The first kappa shape index (κ1) is 14.8. The zero-order valence-corrected chi connectivity index (χ0v) is 13.3. The summed E-state index contributed by atoms with van der Waals surface area (Å²) in [5.74, 6) is 1.97. The molecule has 2 heteroatoms. The van der Waals surface area contributed by atoms with E-state index in [9.17, 15) is 0 Å². The Kier molecular flexibility index (Phi) is 5.04. The van der Waals surface area contributed by atoms with Crippen molar-refractivity contribution in [1.29, 1.82) is 0 Å². The molecule has 0 bridgehead atoms. The molecule has 0 aromatic heterocycles. The van der Waals surface area contributed by atoms with Crippen LogP contribution in [0.4, 0.5) is 0 Å². The summed E-state index contributed by atoms with van der Waals surface area (Å²) < 4.78 is 6.35. The van der Waals surface area contributed by atoms with Crippen LogP contribution in [0.15, 0.2) is 0 Å². The van der Waals surface area contributed by atoms with E-state index < -0.39 is 0 Å². The van der Waals surface area contributed by atoms with Crippen molar-refractivity contribution in [2.75, 3.05) is 13.1 Å². The third kappa shape index (κ3) is 3.76. The predicted octanol–water partition coefficient (Wildman–Crippen LogP) is 4.28. The molecule has 0 aromatic carbocycles. The van der Waals surface area contributed by atoms with Gasteiger partial charge in [-0.25, -0.2) is 0 Å². The Morgan fingerprint density at radius 2 is 1.75 bits per heavy atom. The van der Waals surface area contributed by atoms with Crippen molar-refractivity contribution >= 4 is 0 Å². The van der Waals surface area contributed by atoms with Crippen molar-refractivity contribution in [2.45, 2.75) is 89.3 Å². The molecule has 1 N–H and O–H groups in total. The Balaban J connectivity index is 1.27. The van der Waals surface area contributed by atoms with E-state index >= 15 is 0 Å². The quantitative estimate of drug-likeness (QED) is 0.758. The molecule has 0 aromatic rings. The fourth-order valence-electron chi connectivity index (χ4n) is 4.61. The smallest absolute Gasteiger partial charge is 0.0708 e. The van der Waals surface area contributed by atoms with E-state index in [2.05, 4.69) is 12.2 Å². The maximum absolute atomic E-state index is 6.35. The summed E-state index contributed by atoms with van der Waals surface area (Å²) >= 11 is 0. The second-order valence-corrected chi connectivity index (χ2v) is 7.79. The minimum Gasteiger partial charge on any atom is -0.370 e. The molecular formula is C18H33NO. The molecule has 1 aliphatic heterocycles. The first-order chi connectivity index (χ1) is 9.76. The Hall–Kier alpha value is -0.0800. The van der Waals surface area contributed by atoms with Gasteiger partial charge in [-0.3, -0.25) is 0 Å². The van der Waals surface area contributed by atoms with Crippen LogP contribution in [0.2, 0.25) is 0 Å². The van der Waals surface area contributed by atoms with Crippen molar-refractivity contribution in [1.82, 2.24) is 5.32 Å². The first-order valence-corrected chi connectivity index (χ1v) is 9.14. The molecule has 1 heterocycles. The molecule has 116 valence electrons. The Bertz CT molecular complexity index is 290. The van der Waals surface area contributed by atoms with Gasteiger partial charge in [0, 0.05) is 6.54 Å². The molecule has 3 rings (SSSR count).